The van der Waals surface area contributed by atoms with Crippen LogP contribution < -0.4 is 5.32 Å². The summed E-state index contributed by atoms with van der Waals surface area (Å²) in [6, 6.07) is 0. The zero-order valence-electron chi connectivity index (χ0n) is 8.34. The lowest BCUT2D eigenvalue weighted by atomic mass is 9.97. The Morgan fingerprint density at radius 3 is 2.79 bits per heavy atom. The van der Waals surface area contributed by atoms with Crippen molar-refractivity contribution in [2.24, 2.45) is 11.8 Å². The second-order valence-corrected chi connectivity index (χ2v) is 4.25. The molecule has 2 unspecified atom stereocenters. The molecule has 0 radical (unpaired) electrons. The average Bonchev–Trinajstić information content (AvgIpc) is 2.62. The molecule has 0 aromatic rings. The normalized spacial score (nSPS) is 26.4. The van der Waals surface area contributed by atoms with E-state index in [1.54, 1.807) is 0 Å². The summed E-state index contributed by atoms with van der Waals surface area (Å²) in [5.41, 5.74) is 0. The highest BCUT2D eigenvalue weighted by Gasteiger charge is 2.26. The van der Waals surface area contributed by atoms with E-state index in [9.17, 15) is 4.79 Å². The first-order chi connectivity index (χ1) is 6.77. The van der Waals surface area contributed by atoms with Crippen LogP contribution >= 0.6 is 11.6 Å². The molecule has 1 amide bonds. The summed E-state index contributed by atoms with van der Waals surface area (Å²) in [5, 5.41) is 11.9. The SMILES string of the molecule is O=C(CCCl)NCC1CCCC1CO. The number of carbonyl (C=O) groups excluding carboxylic acids is 1. The van der Waals surface area contributed by atoms with Gasteiger partial charge in [0, 0.05) is 25.5 Å². The topological polar surface area (TPSA) is 49.3 Å². The fourth-order valence-corrected chi connectivity index (χ4v) is 2.21. The maximum atomic E-state index is 11.1. The summed E-state index contributed by atoms with van der Waals surface area (Å²) >= 11 is 5.45. The van der Waals surface area contributed by atoms with E-state index in [-0.39, 0.29) is 12.5 Å². The number of hydrogen-bond acceptors (Lipinski definition) is 2. The van der Waals surface area contributed by atoms with Crippen molar-refractivity contribution in [3.05, 3.63) is 0 Å². The maximum absolute atomic E-state index is 11.1. The minimum absolute atomic E-state index is 0.0172. The van der Waals surface area contributed by atoms with Gasteiger partial charge in [-0.05, 0) is 24.7 Å². The first-order valence-electron chi connectivity index (χ1n) is 5.21. The van der Waals surface area contributed by atoms with Crippen molar-refractivity contribution in [3.8, 4) is 0 Å². The molecule has 0 aromatic carbocycles. The van der Waals surface area contributed by atoms with Gasteiger partial charge in [-0.1, -0.05) is 6.42 Å². The van der Waals surface area contributed by atoms with Gasteiger partial charge in [0.05, 0.1) is 0 Å². The van der Waals surface area contributed by atoms with Crippen molar-refractivity contribution in [2.75, 3.05) is 19.0 Å². The Hall–Kier alpha value is -0.280. The van der Waals surface area contributed by atoms with Crippen LogP contribution in [0.15, 0.2) is 0 Å². The third-order valence-electron chi connectivity index (χ3n) is 2.93. The Morgan fingerprint density at radius 1 is 1.43 bits per heavy atom. The number of carbonyl (C=O) groups is 1. The smallest absolute Gasteiger partial charge is 0.221 e. The van der Waals surface area contributed by atoms with Gasteiger partial charge < -0.3 is 10.4 Å². The summed E-state index contributed by atoms with van der Waals surface area (Å²) in [6.45, 7) is 0.941. The van der Waals surface area contributed by atoms with E-state index in [0.29, 0.717) is 30.7 Å². The molecule has 2 N–H and O–H groups in total. The van der Waals surface area contributed by atoms with Crippen molar-refractivity contribution < 1.29 is 9.90 Å². The number of halogens is 1. The van der Waals surface area contributed by atoms with Crippen LogP contribution in [0.3, 0.4) is 0 Å². The molecule has 1 aliphatic carbocycles. The van der Waals surface area contributed by atoms with Crippen molar-refractivity contribution in [3.63, 3.8) is 0 Å². The standard InChI is InChI=1S/C10H18ClNO2/c11-5-4-10(14)12-6-8-2-1-3-9(8)7-13/h8-9,13H,1-7H2,(H,12,14). The highest BCUT2D eigenvalue weighted by atomic mass is 35.5. The van der Waals surface area contributed by atoms with E-state index in [2.05, 4.69) is 5.32 Å². The molecule has 0 spiro atoms. The fraction of sp³-hybridized carbons (Fsp3) is 0.900. The van der Waals surface area contributed by atoms with Gasteiger partial charge in [0.2, 0.25) is 5.91 Å². The molecule has 0 aromatic heterocycles. The molecular weight excluding hydrogens is 202 g/mol. The van der Waals surface area contributed by atoms with Gasteiger partial charge in [-0.3, -0.25) is 4.79 Å². The van der Waals surface area contributed by atoms with Crippen molar-refractivity contribution in [2.45, 2.75) is 25.7 Å². The van der Waals surface area contributed by atoms with E-state index in [0.717, 1.165) is 12.8 Å². The molecule has 4 heteroatoms. The number of aliphatic hydroxyl groups is 1. The maximum Gasteiger partial charge on any atom is 0.221 e. The molecule has 0 saturated heterocycles. The molecule has 0 aliphatic heterocycles. The van der Waals surface area contributed by atoms with Crippen molar-refractivity contribution >= 4 is 17.5 Å². The summed E-state index contributed by atoms with van der Waals surface area (Å²) < 4.78 is 0. The van der Waals surface area contributed by atoms with Gasteiger partial charge in [-0.25, -0.2) is 0 Å². The van der Waals surface area contributed by atoms with Crippen LogP contribution in [0.5, 0.6) is 0 Å². The van der Waals surface area contributed by atoms with Gasteiger partial charge in [-0.2, -0.15) is 0 Å². The van der Waals surface area contributed by atoms with Gasteiger partial charge in [0.15, 0.2) is 0 Å². The number of nitrogens with one attached hydrogen (secondary N) is 1. The number of amides is 1. The molecule has 0 heterocycles. The zero-order chi connectivity index (χ0) is 10.4. The number of hydrogen-bond donors (Lipinski definition) is 2. The minimum atomic E-state index is 0.0172. The van der Waals surface area contributed by atoms with Crippen LogP contribution in [0.2, 0.25) is 0 Å². The molecule has 1 aliphatic rings. The monoisotopic (exact) mass is 219 g/mol. The summed E-state index contributed by atoms with van der Waals surface area (Å²) in [6.07, 6.45) is 3.76. The molecular formula is C10H18ClNO2. The van der Waals surface area contributed by atoms with Gasteiger partial charge in [0.25, 0.3) is 0 Å². The Balaban J connectivity index is 2.20. The van der Waals surface area contributed by atoms with Crippen LogP contribution in [-0.2, 0) is 4.79 Å². The van der Waals surface area contributed by atoms with Crippen LogP contribution in [0.4, 0.5) is 0 Å². The molecule has 1 rings (SSSR count). The predicted octanol–water partition coefficient (Wildman–Crippen LogP) is 1.14. The Kier molecular flexibility index (Phi) is 5.26. The summed E-state index contributed by atoms with van der Waals surface area (Å²) in [5.74, 6) is 1.23. The van der Waals surface area contributed by atoms with Crippen LogP contribution in [0.25, 0.3) is 0 Å². The van der Waals surface area contributed by atoms with Crippen LogP contribution in [-0.4, -0.2) is 30.0 Å². The summed E-state index contributed by atoms with van der Waals surface area (Å²) in [4.78, 5) is 11.1. The van der Waals surface area contributed by atoms with Crippen LogP contribution in [0.1, 0.15) is 25.7 Å². The number of rotatable bonds is 5. The lowest BCUT2D eigenvalue weighted by molar-refractivity contribution is -0.120. The van der Waals surface area contributed by atoms with E-state index >= 15 is 0 Å². The summed E-state index contributed by atoms with van der Waals surface area (Å²) in [7, 11) is 0. The Bertz CT molecular complexity index is 187. The lowest BCUT2D eigenvalue weighted by Crippen LogP contribution is -2.31. The Morgan fingerprint density at radius 2 is 2.14 bits per heavy atom. The van der Waals surface area contributed by atoms with Crippen molar-refractivity contribution in [1.29, 1.82) is 0 Å². The highest BCUT2D eigenvalue weighted by Crippen LogP contribution is 2.30. The zero-order valence-corrected chi connectivity index (χ0v) is 9.09. The molecule has 1 saturated carbocycles. The molecule has 1 fully saturated rings. The molecule has 0 bridgehead atoms. The van der Waals surface area contributed by atoms with E-state index in [4.69, 9.17) is 16.7 Å². The minimum Gasteiger partial charge on any atom is -0.396 e. The lowest BCUT2D eigenvalue weighted by Gasteiger charge is -2.17. The third kappa shape index (κ3) is 3.46. The second-order valence-electron chi connectivity index (χ2n) is 3.88. The predicted molar refractivity (Wildman–Crippen MR) is 56.3 cm³/mol. The van der Waals surface area contributed by atoms with Crippen LogP contribution in [0, 0.1) is 11.8 Å². The second kappa shape index (κ2) is 6.25. The van der Waals surface area contributed by atoms with Gasteiger partial charge in [0.1, 0.15) is 0 Å². The molecule has 2 atom stereocenters. The van der Waals surface area contributed by atoms with E-state index in [1.165, 1.54) is 6.42 Å². The van der Waals surface area contributed by atoms with Gasteiger partial charge >= 0.3 is 0 Å². The first kappa shape index (κ1) is 11.8. The highest BCUT2D eigenvalue weighted by molar-refractivity contribution is 6.18. The molecule has 14 heavy (non-hydrogen) atoms. The Labute approximate surface area is 89.8 Å². The third-order valence-corrected chi connectivity index (χ3v) is 3.12. The number of aliphatic hydroxyl groups excluding tert-OH is 1. The van der Waals surface area contributed by atoms with Crippen molar-refractivity contribution in [1.82, 2.24) is 5.32 Å². The molecule has 82 valence electrons. The molecule has 3 nitrogen and oxygen atoms in total. The first-order valence-corrected chi connectivity index (χ1v) is 5.75. The number of alkyl halides is 1. The van der Waals surface area contributed by atoms with Gasteiger partial charge in [-0.15, -0.1) is 11.6 Å². The average molecular weight is 220 g/mol. The van der Waals surface area contributed by atoms with E-state index < -0.39 is 0 Å². The van der Waals surface area contributed by atoms with E-state index in [1.807, 2.05) is 0 Å². The fourth-order valence-electron chi connectivity index (χ4n) is 2.04. The largest absolute Gasteiger partial charge is 0.396 e. The quantitative estimate of drug-likeness (QED) is 0.682.